The molecule has 1 aromatic heterocycles. The van der Waals surface area contributed by atoms with E-state index in [4.69, 9.17) is 5.11 Å². The van der Waals surface area contributed by atoms with Crippen LogP contribution in [0.5, 0.6) is 0 Å². The van der Waals surface area contributed by atoms with Gasteiger partial charge in [0.1, 0.15) is 4.88 Å². The molecule has 0 saturated carbocycles. The highest BCUT2D eigenvalue weighted by Gasteiger charge is 2.03. The predicted octanol–water partition coefficient (Wildman–Crippen LogP) is -0.900. The van der Waals surface area contributed by atoms with Crippen molar-refractivity contribution >= 4 is 30.1 Å². The molecule has 0 aliphatic heterocycles. The first kappa shape index (κ1) is 6.29. The molecule has 0 fully saturated rings. The summed E-state index contributed by atoms with van der Waals surface area (Å²) in [7, 11) is 1.77. The Morgan fingerprint density at radius 3 is 2.78 bits per heavy atom. The molecule has 5 heteroatoms. The number of carbonyl (C=O) groups is 1. The third kappa shape index (κ3) is 1.29. The first-order chi connectivity index (χ1) is 4.20. The fraction of sp³-hybridized carbons (Fsp3) is 0. The number of thiazole rings is 1. The molecule has 1 heterocycles. The second-order valence-corrected chi connectivity index (χ2v) is 2.78. The standard InChI is InChI=1S/C4H4BNO2S/c5-4-6-1-2(9-4)3(7)8/h1H,5H2,(H,7,8). The smallest absolute Gasteiger partial charge is 0.347 e. The molecule has 0 atom stereocenters. The maximum Gasteiger partial charge on any atom is 0.347 e. The number of rotatable bonds is 1. The van der Waals surface area contributed by atoms with Crippen molar-refractivity contribution in [2.75, 3.05) is 0 Å². The van der Waals surface area contributed by atoms with Crippen LogP contribution in [0.2, 0.25) is 0 Å². The maximum absolute atomic E-state index is 10.2. The summed E-state index contributed by atoms with van der Waals surface area (Å²) < 4.78 is 0. The molecule has 1 rings (SSSR count). The second-order valence-electron chi connectivity index (χ2n) is 1.55. The minimum Gasteiger partial charge on any atom is -0.477 e. The third-order valence-corrected chi connectivity index (χ3v) is 1.73. The Morgan fingerprint density at radius 2 is 2.56 bits per heavy atom. The number of hydrogen-bond donors (Lipinski definition) is 1. The van der Waals surface area contributed by atoms with E-state index in [0.29, 0.717) is 4.88 Å². The normalized spacial score (nSPS) is 9.33. The summed E-state index contributed by atoms with van der Waals surface area (Å²) in [4.78, 5) is 15.0. The lowest BCUT2D eigenvalue weighted by Crippen LogP contribution is -1.96. The van der Waals surface area contributed by atoms with Gasteiger partial charge in [0, 0.05) is 4.91 Å². The van der Waals surface area contributed by atoms with Crippen LogP contribution in [0.25, 0.3) is 0 Å². The molecule has 1 N–H and O–H groups in total. The van der Waals surface area contributed by atoms with Crippen molar-refractivity contribution in [1.29, 1.82) is 0 Å². The Labute approximate surface area is 56.8 Å². The van der Waals surface area contributed by atoms with E-state index in [2.05, 4.69) is 4.98 Å². The summed E-state index contributed by atoms with van der Waals surface area (Å²) in [5.41, 5.74) is 0. The highest BCUT2D eigenvalue weighted by atomic mass is 32.1. The topological polar surface area (TPSA) is 50.2 Å². The number of carboxylic acids is 1. The van der Waals surface area contributed by atoms with Gasteiger partial charge in [-0.15, -0.1) is 11.3 Å². The Hall–Kier alpha value is -0.835. The van der Waals surface area contributed by atoms with Gasteiger partial charge in [0.15, 0.2) is 7.85 Å². The maximum atomic E-state index is 10.2. The van der Waals surface area contributed by atoms with E-state index in [1.807, 2.05) is 0 Å². The van der Waals surface area contributed by atoms with Crippen molar-refractivity contribution in [3.05, 3.63) is 11.1 Å². The highest BCUT2D eigenvalue weighted by molar-refractivity contribution is 7.21. The van der Waals surface area contributed by atoms with Crippen LogP contribution in [0, 0.1) is 0 Å². The van der Waals surface area contributed by atoms with Crippen LogP contribution in [0.3, 0.4) is 0 Å². The summed E-state index contributed by atoms with van der Waals surface area (Å²) in [5.74, 6) is -0.902. The van der Waals surface area contributed by atoms with Crippen molar-refractivity contribution in [3.8, 4) is 0 Å². The molecular formula is C4H4BNO2S. The largest absolute Gasteiger partial charge is 0.477 e. The fourth-order valence-corrected chi connectivity index (χ4v) is 1.08. The molecule has 46 valence electrons. The van der Waals surface area contributed by atoms with E-state index in [9.17, 15) is 4.79 Å². The van der Waals surface area contributed by atoms with E-state index in [-0.39, 0.29) is 0 Å². The number of aromatic nitrogens is 1. The Balaban J connectivity index is 2.98. The molecule has 0 amide bonds. The molecule has 0 aromatic carbocycles. The van der Waals surface area contributed by atoms with Crippen molar-refractivity contribution in [3.63, 3.8) is 0 Å². The molecule has 3 nitrogen and oxygen atoms in total. The van der Waals surface area contributed by atoms with Gasteiger partial charge in [0.2, 0.25) is 0 Å². The van der Waals surface area contributed by atoms with Crippen LogP contribution >= 0.6 is 11.3 Å². The molecule has 9 heavy (non-hydrogen) atoms. The highest BCUT2D eigenvalue weighted by Crippen LogP contribution is 2.00. The Bertz CT molecular complexity index is 234. The summed E-state index contributed by atoms with van der Waals surface area (Å²) in [5, 5.41) is 8.37. The lowest BCUT2D eigenvalue weighted by Gasteiger charge is -1.78. The minimum absolute atomic E-state index is 0.299. The van der Waals surface area contributed by atoms with Crippen molar-refractivity contribution < 1.29 is 9.90 Å². The fourth-order valence-electron chi connectivity index (χ4n) is 0.460. The molecule has 0 saturated heterocycles. The van der Waals surface area contributed by atoms with E-state index < -0.39 is 5.97 Å². The third-order valence-electron chi connectivity index (χ3n) is 0.832. The monoisotopic (exact) mass is 141 g/mol. The molecule has 0 aliphatic rings. The van der Waals surface area contributed by atoms with Gasteiger partial charge in [-0.1, -0.05) is 0 Å². The van der Waals surface area contributed by atoms with E-state index in [1.165, 1.54) is 17.5 Å². The van der Waals surface area contributed by atoms with Gasteiger partial charge in [-0.25, -0.2) is 4.79 Å². The second kappa shape index (κ2) is 2.18. The van der Waals surface area contributed by atoms with Crippen LogP contribution < -0.4 is 4.91 Å². The summed E-state index contributed by atoms with van der Waals surface area (Å²) >= 11 is 1.19. The van der Waals surface area contributed by atoms with E-state index in [0.717, 1.165) is 4.91 Å². The summed E-state index contributed by atoms with van der Waals surface area (Å²) in [6.45, 7) is 0. The first-order valence-corrected chi connectivity index (χ1v) is 3.17. The molecule has 0 bridgehead atoms. The molecule has 1 aromatic rings. The van der Waals surface area contributed by atoms with Crippen molar-refractivity contribution in [1.82, 2.24) is 4.98 Å². The average molecular weight is 141 g/mol. The van der Waals surface area contributed by atoms with Crippen molar-refractivity contribution in [2.45, 2.75) is 0 Å². The zero-order valence-electron chi connectivity index (χ0n) is 4.79. The number of nitrogens with zero attached hydrogens (tertiary/aromatic N) is 1. The lowest BCUT2D eigenvalue weighted by molar-refractivity contribution is 0.0702. The van der Waals surface area contributed by atoms with Crippen LogP contribution in [0.4, 0.5) is 0 Å². The van der Waals surface area contributed by atoms with Gasteiger partial charge in [-0.2, -0.15) is 0 Å². The Morgan fingerprint density at radius 1 is 1.89 bits per heavy atom. The summed E-state index contributed by atoms with van der Waals surface area (Å²) in [6, 6.07) is 0. The minimum atomic E-state index is -0.902. The zero-order chi connectivity index (χ0) is 6.85. The van der Waals surface area contributed by atoms with Crippen LogP contribution in [0.1, 0.15) is 9.67 Å². The number of hydrogen-bond acceptors (Lipinski definition) is 3. The van der Waals surface area contributed by atoms with Crippen LogP contribution in [0.15, 0.2) is 6.20 Å². The van der Waals surface area contributed by atoms with Crippen LogP contribution in [-0.4, -0.2) is 23.9 Å². The van der Waals surface area contributed by atoms with E-state index >= 15 is 0 Å². The van der Waals surface area contributed by atoms with Gasteiger partial charge in [0.25, 0.3) is 0 Å². The Kier molecular flexibility index (Phi) is 1.53. The molecular weight excluding hydrogens is 137 g/mol. The van der Waals surface area contributed by atoms with Crippen LogP contribution in [-0.2, 0) is 0 Å². The van der Waals surface area contributed by atoms with E-state index in [1.54, 1.807) is 7.85 Å². The molecule has 0 aliphatic carbocycles. The molecule has 0 unspecified atom stereocenters. The SMILES string of the molecule is Bc1ncc(C(=O)O)s1. The van der Waals surface area contributed by atoms with Gasteiger partial charge in [0.05, 0.1) is 6.20 Å². The lowest BCUT2D eigenvalue weighted by atomic mass is 10.2. The predicted molar refractivity (Wildman–Crippen MR) is 37.3 cm³/mol. The molecule has 0 radical (unpaired) electrons. The molecule has 0 spiro atoms. The van der Waals surface area contributed by atoms with Crippen molar-refractivity contribution in [2.24, 2.45) is 0 Å². The number of aromatic carboxylic acids is 1. The number of carboxylic acid groups (broad SMARTS) is 1. The van der Waals surface area contributed by atoms with Gasteiger partial charge >= 0.3 is 5.97 Å². The first-order valence-electron chi connectivity index (χ1n) is 2.36. The van der Waals surface area contributed by atoms with Gasteiger partial charge in [-0.05, 0) is 0 Å². The van der Waals surface area contributed by atoms with Gasteiger partial charge < -0.3 is 5.11 Å². The van der Waals surface area contributed by atoms with Gasteiger partial charge in [-0.3, -0.25) is 4.98 Å². The zero-order valence-corrected chi connectivity index (χ0v) is 5.60. The quantitative estimate of drug-likeness (QED) is 0.515. The average Bonchev–Trinajstić information content (AvgIpc) is 2.14. The summed E-state index contributed by atoms with van der Waals surface area (Å²) in [6.07, 6.45) is 1.36.